The smallest absolute Gasteiger partial charge is 0.260 e. The monoisotopic (exact) mass is 502 g/mol. The molecular formula is C25H20F2N8S. The van der Waals surface area contributed by atoms with Crippen molar-refractivity contribution in [1.29, 1.82) is 0 Å². The van der Waals surface area contributed by atoms with E-state index in [9.17, 15) is 8.78 Å². The van der Waals surface area contributed by atoms with Gasteiger partial charge in [-0.1, -0.05) is 30.3 Å². The number of alkyl halides is 2. The van der Waals surface area contributed by atoms with E-state index >= 15 is 0 Å². The molecule has 1 aliphatic rings. The van der Waals surface area contributed by atoms with E-state index in [-0.39, 0.29) is 12.5 Å². The average Bonchev–Trinajstić information content (AvgIpc) is 3.57. The highest BCUT2D eigenvalue weighted by Crippen LogP contribution is 2.42. The van der Waals surface area contributed by atoms with E-state index in [1.165, 1.54) is 16.0 Å². The van der Waals surface area contributed by atoms with Gasteiger partial charge in [0.15, 0.2) is 11.5 Å². The van der Waals surface area contributed by atoms with Crippen molar-refractivity contribution in [3.8, 4) is 11.4 Å². The molecule has 1 aliphatic heterocycles. The quantitative estimate of drug-likeness (QED) is 0.333. The fourth-order valence-electron chi connectivity index (χ4n) is 5.08. The van der Waals surface area contributed by atoms with Gasteiger partial charge in [-0.15, -0.1) is 16.4 Å². The zero-order valence-corrected chi connectivity index (χ0v) is 20.2. The molecule has 180 valence electrons. The van der Waals surface area contributed by atoms with Gasteiger partial charge in [0, 0.05) is 11.1 Å². The standard InChI is InChI=1S/C25H20F2N8S/c1-12-8-13(2)30-25-18(12)19-20(36-25)24-32-22(33-34(24)11-28-19)15-10-29-35-17(21(26)27)9-16(31-23(15)35)14-6-4-3-5-7-14/h3-8,10-11,16-17,21,31H,9H2,1-2H3/t16-,17+/m1/s1. The van der Waals surface area contributed by atoms with Crippen LogP contribution < -0.4 is 5.32 Å². The average molecular weight is 503 g/mol. The number of thiophene rings is 1. The molecule has 0 spiro atoms. The third-order valence-corrected chi connectivity index (χ3v) is 7.79. The number of rotatable bonds is 3. The largest absolute Gasteiger partial charge is 0.363 e. The second kappa shape index (κ2) is 7.76. The lowest BCUT2D eigenvalue weighted by molar-refractivity contribution is 0.0659. The van der Waals surface area contributed by atoms with E-state index in [2.05, 4.69) is 32.4 Å². The molecule has 1 N–H and O–H groups in total. The molecule has 0 saturated heterocycles. The summed E-state index contributed by atoms with van der Waals surface area (Å²) in [6.45, 7) is 4.03. The number of nitrogens with zero attached hydrogens (tertiary/aromatic N) is 7. The summed E-state index contributed by atoms with van der Waals surface area (Å²) >= 11 is 1.53. The first-order valence-corrected chi connectivity index (χ1v) is 12.4. The third kappa shape index (κ3) is 3.12. The summed E-state index contributed by atoms with van der Waals surface area (Å²) in [6.07, 6.45) is 0.870. The third-order valence-electron chi connectivity index (χ3n) is 6.72. The highest BCUT2D eigenvalue weighted by molar-refractivity contribution is 7.26. The van der Waals surface area contributed by atoms with Gasteiger partial charge in [0.2, 0.25) is 0 Å². The number of hydrogen-bond donors (Lipinski definition) is 1. The predicted molar refractivity (Wildman–Crippen MR) is 135 cm³/mol. The van der Waals surface area contributed by atoms with Gasteiger partial charge in [-0.3, -0.25) is 0 Å². The van der Waals surface area contributed by atoms with E-state index in [1.54, 1.807) is 17.0 Å². The molecule has 8 nitrogen and oxygen atoms in total. The summed E-state index contributed by atoms with van der Waals surface area (Å²) in [7, 11) is 0. The van der Waals surface area contributed by atoms with Crippen molar-refractivity contribution in [3.05, 3.63) is 65.7 Å². The number of fused-ring (bicyclic) bond motifs is 6. The van der Waals surface area contributed by atoms with Crippen molar-refractivity contribution in [1.82, 2.24) is 34.3 Å². The van der Waals surface area contributed by atoms with Crippen LogP contribution in [0, 0.1) is 13.8 Å². The van der Waals surface area contributed by atoms with Crippen LogP contribution in [0.5, 0.6) is 0 Å². The Balaban J connectivity index is 1.39. The van der Waals surface area contributed by atoms with E-state index in [4.69, 9.17) is 4.98 Å². The van der Waals surface area contributed by atoms with E-state index in [0.717, 1.165) is 37.3 Å². The second-order valence-electron chi connectivity index (χ2n) is 9.09. The lowest BCUT2D eigenvalue weighted by atomic mass is 9.97. The van der Waals surface area contributed by atoms with Crippen LogP contribution in [0.4, 0.5) is 14.6 Å². The van der Waals surface area contributed by atoms with Gasteiger partial charge in [0.1, 0.15) is 27.7 Å². The molecule has 0 unspecified atom stereocenters. The van der Waals surface area contributed by atoms with Crippen LogP contribution >= 0.6 is 11.3 Å². The van der Waals surface area contributed by atoms with Gasteiger partial charge in [-0.05, 0) is 37.5 Å². The van der Waals surface area contributed by atoms with Crippen molar-refractivity contribution >= 4 is 43.2 Å². The molecule has 0 bridgehead atoms. The molecule has 1 aromatic carbocycles. The molecule has 7 rings (SSSR count). The number of pyridine rings is 1. The maximum absolute atomic E-state index is 14.1. The Bertz CT molecular complexity index is 1770. The molecule has 0 radical (unpaired) electrons. The number of halogens is 2. The van der Waals surface area contributed by atoms with Crippen LogP contribution in [0.1, 0.15) is 35.3 Å². The fourth-order valence-corrected chi connectivity index (χ4v) is 6.31. The Kier molecular flexibility index (Phi) is 4.59. The van der Waals surface area contributed by atoms with Crippen LogP contribution in [0.3, 0.4) is 0 Å². The van der Waals surface area contributed by atoms with Gasteiger partial charge in [-0.2, -0.15) is 5.10 Å². The zero-order chi connectivity index (χ0) is 24.6. The Morgan fingerprint density at radius 2 is 1.97 bits per heavy atom. The minimum Gasteiger partial charge on any atom is -0.363 e. The molecule has 0 saturated carbocycles. The number of nitrogens with one attached hydrogen (secondary N) is 1. The molecule has 6 aromatic rings. The lowest BCUT2D eigenvalue weighted by Gasteiger charge is -2.32. The van der Waals surface area contributed by atoms with E-state index < -0.39 is 12.5 Å². The van der Waals surface area contributed by atoms with Crippen molar-refractivity contribution in [2.45, 2.75) is 38.8 Å². The number of aromatic nitrogens is 7. The number of aryl methyl sites for hydroxylation is 2. The summed E-state index contributed by atoms with van der Waals surface area (Å²) in [5.41, 5.74) is 5.06. The highest BCUT2D eigenvalue weighted by Gasteiger charge is 2.36. The van der Waals surface area contributed by atoms with Crippen LogP contribution in [-0.2, 0) is 0 Å². The van der Waals surface area contributed by atoms with Crippen LogP contribution in [0.15, 0.2) is 48.9 Å². The molecule has 0 aliphatic carbocycles. The molecule has 0 fully saturated rings. The summed E-state index contributed by atoms with van der Waals surface area (Å²) in [5, 5.41) is 13.4. The van der Waals surface area contributed by atoms with Crippen molar-refractivity contribution < 1.29 is 8.78 Å². The molecular weight excluding hydrogens is 482 g/mol. The van der Waals surface area contributed by atoms with Crippen LogP contribution in [-0.4, -0.2) is 40.8 Å². The SMILES string of the molecule is Cc1cc(C)c2c(n1)sc1c2ncn2nc(-c3cnn4c3N[C@@H](c3ccccc3)C[C@H]4C(F)F)nc12. The minimum atomic E-state index is -2.56. The normalized spacial score (nSPS) is 17.8. The van der Waals surface area contributed by atoms with Crippen LogP contribution in [0.2, 0.25) is 0 Å². The maximum atomic E-state index is 14.1. The molecule has 2 atom stereocenters. The molecule has 0 amide bonds. The Morgan fingerprint density at radius 3 is 2.78 bits per heavy atom. The summed E-state index contributed by atoms with van der Waals surface area (Å²) in [6, 6.07) is 10.3. The van der Waals surface area contributed by atoms with E-state index in [1.807, 2.05) is 43.3 Å². The number of anilines is 1. The van der Waals surface area contributed by atoms with Gasteiger partial charge in [0.05, 0.1) is 23.3 Å². The topological polar surface area (TPSA) is 85.8 Å². The number of benzene rings is 1. The maximum Gasteiger partial charge on any atom is 0.260 e. The van der Waals surface area contributed by atoms with Gasteiger partial charge in [0.25, 0.3) is 6.43 Å². The van der Waals surface area contributed by atoms with Crippen LogP contribution in [0.25, 0.3) is 37.5 Å². The lowest BCUT2D eigenvalue weighted by Crippen LogP contribution is -2.31. The summed E-state index contributed by atoms with van der Waals surface area (Å²) < 4.78 is 32.0. The van der Waals surface area contributed by atoms with Gasteiger partial charge in [-0.25, -0.2) is 32.9 Å². The first-order valence-electron chi connectivity index (χ1n) is 11.6. The first-order chi connectivity index (χ1) is 17.5. The van der Waals surface area contributed by atoms with E-state index in [0.29, 0.717) is 22.9 Å². The fraction of sp³-hybridized carbons (Fsp3) is 0.240. The number of hydrogen-bond acceptors (Lipinski definition) is 7. The highest BCUT2D eigenvalue weighted by atomic mass is 32.1. The molecule has 6 heterocycles. The minimum absolute atomic E-state index is 0.229. The van der Waals surface area contributed by atoms with Crippen molar-refractivity contribution in [2.24, 2.45) is 0 Å². The summed E-state index contributed by atoms with van der Waals surface area (Å²) in [5.74, 6) is 0.892. The van der Waals surface area contributed by atoms with Gasteiger partial charge < -0.3 is 5.32 Å². The molecule has 11 heteroatoms. The first kappa shape index (κ1) is 21.3. The Hall–Kier alpha value is -3.99. The summed E-state index contributed by atoms with van der Waals surface area (Å²) in [4.78, 5) is 15.1. The molecule has 5 aromatic heterocycles. The van der Waals surface area contributed by atoms with Crippen molar-refractivity contribution in [2.75, 3.05) is 5.32 Å². The second-order valence-corrected chi connectivity index (χ2v) is 10.1. The molecule has 36 heavy (non-hydrogen) atoms. The Morgan fingerprint density at radius 1 is 1.14 bits per heavy atom. The zero-order valence-electron chi connectivity index (χ0n) is 19.4. The predicted octanol–water partition coefficient (Wildman–Crippen LogP) is 5.73. The Labute approximate surface area is 207 Å². The van der Waals surface area contributed by atoms with Crippen molar-refractivity contribution in [3.63, 3.8) is 0 Å². The van der Waals surface area contributed by atoms with Gasteiger partial charge >= 0.3 is 0 Å².